The Kier molecular flexibility index (Phi) is 5.81. The minimum atomic E-state index is 0.620. The Morgan fingerprint density at radius 1 is 1.33 bits per heavy atom. The van der Waals surface area contributed by atoms with Gasteiger partial charge in [-0.2, -0.15) is 11.8 Å². The van der Waals surface area contributed by atoms with Gasteiger partial charge in [0.15, 0.2) is 0 Å². The molecule has 0 amide bonds. The first-order valence-electron chi connectivity index (χ1n) is 3.34. The molecule has 0 radical (unpaired) electrons. The summed E-state index contributed by atoms with van der Waals surface area (Å²) in [5, 5.41) is 0.620. The third-order valence-electron chi connectivity index (χ3n) is 0.931. The van der Waals surface area contributed by atoms with E-state index in [0.717, 1.165) is 11.8 Å². The predicted molar refractivity (Wildman–Crippen MR) is 47.5 cm³/mol. The van der Waals surface area contributed by atoms with E-state index in [-0.39, 0.29) is 0 Å². The highest BCUT2D eigenvalue weighted by Gasteiger charge is 2.00. The maximum atomic E-state index is 5.61. The van der Waals surface area contributed by atoms with Crippen molar-refractivity contribution in [2.24, 2.45) is 5.92 Å². The summed E-state index contributed by atoms with van der Waals surface area (Å²) in [5.41, 5.74) is 0. The Morgan fingerprint density at radius 2 is 1.89 bits per heavy atom. The van der Waals surface area contributed by atoms with Crippen LogP contribution in [0.3, 0.4) is 0 Å². The molecule has 0 spiro atoms. The lowest BCUT2D eigenvalue weighted by Gasteiger charge is -2.08. The van der Waals surface area contributed by atoms with Crippen LogP contribution in [-0.2, 0) is 0 Å². The Bertz CT molecular complexity index is 63.9. The van der Waals surface area contributed by atoms with Gasteiger partial charge in [0.25, 0.3) is 0 Å². The first-order chi connectivity index (χ1) is 4.16. The van der Waals surface area contributed by atoms with E-state index < -0.39 is 0 Å². The van der Waals surface area contributed by atoms with E-state index in [1.54, 1.807) is 0 Å². The summed E-state index contributed by atoms with van der Waals surface area (Å²) in [7, 11) is 0. The normalized spacial score (nSPS) is 14.3. The molecule has 0 saturated heterocycles. The molecule has 0 aliphatic rings. The van der Waals surface area contributed by atoms with Gasteiger partial charge < -0.3 is 0 Å². The summed E-state index contributed by atoms with van der Waals surface area (Å²) in [4.78, 5) is 0. The number of rotatable bonds is 4. The SMILES string of the molecule is CC(C)CSC(C)CCl. The summed E-state index contributed by atoms with van der Waals surface area (Å²) < 4.78 is 0. The highest BCUT2D eigenvalue weighted by molar-refractivity contribution is 7.99. The molecule has 0 aromatic heterocycles. The largest absolute Gasteiger partial charge is 0.157 e. The van der Waals surface area contributed by atoms with Gasteiger partial charge in [0.1, 0.15) is 0 Å². The van der Waals surface area contributed by atoms with E-state index in [1.807, 2.05) is 11.8 Å². The van der Waals surface area contributed by atoms with Gasteiger partial charge in [-0.25, -0.2) is 0 Å². The van der Waals surface area contributed by atoms with Crippen molar-refractivity contribution in [2.45, 2.75) is 26.0 Å². The fourth-order valence-electron chi connectivity index (χ4n) is 0.401. The summed E-state index contributed by atoms with van der Waals surface area (Å²) in [6.07, 6.45) is 0. The van der Waals surface area contributed by atoms with Crippen LogP contribution in [0.15, 0.2) is 0 Å². The van der Waals surface area contributed by atoms with Crippen molar-refractivity contribution in [3.05, 3.63) is 0 Å². The molecule has 0 aromatic rings. The molecule has 0 heterocycles. The summed E-state index contributed by atoms with van der Waals surface area (Å²) >= 11 is 7.57. The van der Waals surface area contributed by atoms with E-state index in [9.17, 15) is 0 Å². The molecule has 0 nitrogen and oxygen atoms in total. The van der Waals surface area contributed by atoms with Gasteiger partial charge in [-0.1, -0.05) is 20.8 Å². The molecule has 0 N–H and O–H groups in total. The van der Waals surface area contributed by atoms with Crippen LogP contribution in [0.1, 0.15) is 20.8 Å². The standard InChI is InChI=1S/C7H15ClS/c1-6(2)5-9-7(3)4-8/h6-7H,4-5H2,1-3H3. The van der Waals surface area contributed by atoms with Crippen molar-refractivity contribution in [1.82, 2.24) is 0 Å². The van der Waals surface area contributed by atoms with Gasteiger partial charge in [-0.05, 0) is 11.7 Å². The lowest BCUT2D eigenvalue weighted by molar-refractivity contribution is 0.748. The molecule has 56 valence electrons. The maximum Gasteiger partial charge on any atom is 0.0339 e. The van der Waals surface area contributed by atoms with Crippen molar-refractivity contribution in [1.29, 1.82) is 0 Å². The average Bonchev–Trinajstić information content (AvgIpc) is 1.83. The van der Waals surface area contributed by atoms with E-state index in [4.69, 9.17) is 11.6 Å². The van der Waals surface area contributed by atoms with Gasteiger partial charge >= 0.3 is 0 Å². The fourth-order valence-corrected chi connectivity index (χ4v) is 1.47. The summed E-state index contributed by atoms with van der Waals surface area (Å²) in [6, 6.07) is 0. The van der Waals surface area contributed by atoms with Gasteiger partial charge in [0.2, 0.25) is 0 Å². The molecular weight excluding hydrogens is 152 g/mol. The van der Waals surface area contributed by atoms with Gasteiger partial charge in [0, 0.05) is 11.1 Å². The van der Waals surface area contributed by atoms with Crippen molar-refractivity contribution < 1.29 is 0 Å². The zero-order valence-corrected chi connectivity index (χ0v) is 7.93. The van der Waals surface area contributed by atoms with Crippen LogP contribution < -0.4 is 0 Å². The van der Waals surface area contributed by atoms with Crippen molar-refractivity contribution in [3.8, 4) is 0 Å². The number of alkyl halides is 1. The van der Waals surface area contributed by atoms with Crippen LogP contribution in [0.2, 0.25) is 0 Å². The fraction of sp³-hybridized carbons (Fsp3) is 1.00. The third kappa shape index (κ3) is 6.53. The van der Waals surface area contributed by atoms with Crippen molar-refractivity contribution in [3.63, 3.8) is 0 Å². The van der Waals surface area contributed by atoms with E-state index in [2.05, 4.69) is 20.8 Å². The number of hydrogen-bond donors (Lipinski definition) is 0. The molecule has 0 rings (SSSR count). The second kappa shape index (κ2) is 5.43. The first kappa shape index (κ1) is 9.64. The molecule has 0 bridgehead atoms. The topological polar surface area (TPSA) is 0 Å². The highest BCUT2D eigenvalue weighted by atomic mass is 35.5. The summed E-state index contributed by atoms with van der Waals surface area (Å²) in [6.45, 7) is 6.63. The van der Waals surface area contributed by atoms with Crippen molar-refractivity contribution in [2.75, 3.05) is 11.6 Å². The van der Waals surface area contributed by atoms with Crippen molar-refractivity contribution >= 4 is 23.4 Å². The maximum absolute atomic E-state index is 5.61. The van der Waals surface area contributed by atoms with Crippen LogP contribution >= 0.6 is 23.4 Å². The van der Waals surface area contributed by atoms with E-state index in [1.165, 1.54) is 5.75 Å². The number of thioether (sulfide) groups is 1. The van der Waals surface area contributed by atoms with E-state index in [0.29, 0.717) is 5.25 Å². The minimum absolute atomic E-state index is 0.620. The van der Waals surface area contributed by atoms with Crippen LogP contribution in [0, 0.1) is 5.92 Å². The monoisotopic (exact) mass is 166 g/mol. The average molecular weight is 167 g/mol. The van der Waals surface area contributed by atoms with Gasteiger partial charge in [-0.3, -0.25) is 0 Å². The number of halogens is 1. The first-order valence-corrected chi connectivity index (χ1v) is 4.92. The molecule has 0 aliphatic heterocycles. The molecular formula is C7H15ClS. The second-order valence-corrected chi connectivity index (χ2v) is 4.47. The molecule has 9 heavy (non-hydrogen) atoms. The van der Waals surface area contributed by atoms with Crippen LogP contribution in [0.5, 0.6) is 0 Å². The Hall–Kier alpha value is 0.640. The van der Waals surface area contributed by atoms with Crippen LogP contribution in [0.25, 0.3) is 0 Å². The second-order valence-electron chi connectivity index (χ2n) is 2.69. The predicted octanol–water partition coefficient (Wildman–Crippen LogP) is 3.00. The molecule has 0 aromatic carbocycles. The zero-order valence-electron chi connectivity index (χ0n) is 6.36. The molecule has 0 saturated carbocycles. The summed E-state index contributed by atoms with van der Waals surface area (Å²) in [5.74, 6) is 2.80. The van der Waals surface area contributed by atoms with Crippen LogP contribution in [0.4, 0.5) is 0 Å². The zero-order chi connectivity index (χ0) is 7.28. The Balaban J connectivity index is 3.06. The Labute approximate surface area is 67.4 Å². The lowest BCUT2D eigenvalue weighted by Crippen LogP contribution is -2.01. The molecule has 1 unspecified atom stereocenters. The lowest BCUT2D eigenvalue weighted by atomic mass is 10.3. The quantitative estimate of drug-likeness (QED) is 0.579. The molecule has 1 atom stereocenters. The molecule has 0 aliphatic carbocycles. The van der Waals surface area contributed by atoms with Gasteiger partial charge in [0.05, 0.1) is 0 Å². The molecule has 0 fully saturated rings. The van der Waals surface area contributed by atoms with E-state index >= 15 is 0 Å². The minimum Gasteiger partial charge on any atom is -0.157 e. The van der Waals surface area contributed by atoms with Gasteiger partial charge in [-0.15, -0.1) is 11.6 Å². The van der Waals surface area contributed by atoms with Crippen LogP contribution in [-0.4, -0.2) is 16.9 Å². The smallest absolute Gasteiger partial charge is 0.0339 e. The number of hydrogen-bond acceptors (Lipinski definition) is 1. The Morgan fingerprint density at radius 3 is 2.22 bits per heavy atom. The highest BCUT2D eigenvalue weighted by Crippen LogP contribution is 2.14. The third-order valence-corrected chi connectivity index (χ3v) is 3.17. The molecule has 2 heteroatoms.